The summed E-state index contributed by atoms with van der Waals surface area (Å²) in [4.78, 5) is 2.21. The van der Waals surface area contributed by atoms with E-state index in [-0.39, 0.29) is 0 Å². The number of phenols is 1. The van der Waals surface area contributed by atoms with E-state index in [1.807, 2.05) is 25.1 Å². The van der Waals surface area contributed by atoms with E-state index in [0.29, 0.717) is 18.3 Å². The van der Waals surface area contributed by atoms with Crippen molar-refractivity contribution in [1.82, 2.24) is 4.90 Å². The van der Waals surface area contributed by atoms with Crippen molar-refractivity contribution < 1.29 is 9.84 Å². The fourth-order valence-corrected chi connectivity index (χ4v) is 2.17. The standard InChI is InChI=1S/C18H27NO2/c1-6-8-19(9-7-2)10-11-21-18-12-15(5)17(20)13-16(18)14(3)4/h6-7,12-14,20H,1-2,8-11H2,3-5H3. The third kappa shape index (κ3) is 5.27. The van der Waals surface area contributed by atoms with Gasteiger partial charge in [0.15, 0.2) is 0 Å². The molecule has 1 rings (SSSR count). The quantitative estimate of drug-likeness (QED) is 0.700. The van der Waals surface area contributed by atoms with Gasteiger partial charge >= 0.3 is 0 Å². The minimum absolute atomic E-state index is 0.309. The van der Waals surface area contributed by atoms with E-state index < -0.39 is 0 Å². The summed E-state index contributed by atoms with van der Waals surface area (Å²) in [5.74, 6) is 1.49. The van der Waals surface area contributed by atoms with Crippen LogP contribution < -0.4 is 4.74 Å². The molecule has 1 aromatic carbocycles. The molecule has 1 N–H and O–H groups in total. The predicted molar refractivity (Wildman–Crippen MR) is 89.3 cm³/mol. The molecule has 0 aliphatic carbocycles. The smallest absolute Gasteiger partial charge is 0.123 e. The Morgan fingerprint density at radius 2 is 1.86 bits per heavy atom. The molecule has 0 spiro atoms. The van der Waals surface area contributed by atoms with Crippen molar-refractivity contribution in [2.45, 2.75) is 26.7 Å². The Balaban J connectivity index is 2.71. The van der Waals surface area contributed by atoms with Gasteiger partial charge in [-0.1, -0.05) is 26.0 Å². The first kappa shape index (κ1) is 17.3. The van der Waals surface area contributed by atoms with Crippen LogP contribution in [0.1, 0.15) is 30.9 Å². The number of benzene rings is 1. The number of hydrogen-bond donors (Lipinski definition) is 1. The maximum Gasteiger partial charge on any atom is 0.123 e. The van der Waals surface area contributed by atoms with Crippen LogP contribution in [0.5, 0.6) is 11.5 Å². The van der Waals surface area contributed by atoms with E-state index in [2.05, 4.69) is 31.9 Å². The highest BCUT2D eigenvalue weighted by atomic mass is 16.5. The summed E-state index contributed by atoms with van der Waals surface area (Å²) in [6.07, 6.45) is 3.77. The van der Waals surface area contributed by atoms with E-state index in [1.165, 1.54) is 0 Å². The maximum atomic E-state index is 9.84. The van der Waals surface area contributed by atoms with Crippen LogP contribution in [0.4, 0.5) is 0 Å². The van der Waals surface area contributed by atoms with Gasteiger partial charge < -0.3 is 9.84 Å². The minimum Gasteiger partial charge on any atom is -0.508 e. The lowest BCUT2D eigenvalue weighted by molar-refractivity contribution is 0.234. The molecule has 0 aliphatic heterocycles. The first-order valence-electron chi connectivity index (χ1n) is 7.40. The number of ether oxygens (including phenoxy) is 1. The second-order valence-corrected chi connectivity index (χ2v) is 5.52. The van der Waals surface area contributed by atoms with Gasteiger partial charge in [-0.05, 0) is 30.5 Å². The van der Waals surface area contributed by atoms with E-state index in [0.717, 1.165) is 36.5 Å². The van der Waals surface area contributed by atoms with Gasteiger partial charge in [0.1, 0.15) is 18.1 Å². The van der Waals surface area contributed by atoms with Gasteiger partial charge in [0, 0.05) is 25.2 Å². The Morgan fingerprint density at radius 3 is 2.38 bits per heavy atom. The van der Waals surface area contributed by atoms with Gasteiger partial charge in [-0.25, -0.2) is 0 Å². The number of phenolic OH excluding ortho intramolecular Hbond substituents is 1. The molecule has 1 aromatic rings. The number of aromatic hydroxyl groups is 1. The van der Waals surface area contributed by atoms with Crippen molar-refractivity contribution in [2.75, 3.05) is 26.2 Å². The Kier molecular flexibility index (Phi) is 7.03. The van der Waals surface area contributed by atoms with Gasteiger partial charge in [0.2, 0.25) is 0 Å². The first-order chi connectivity index (χ1) is 9.99. The molecule has 0 aliphatic rings. The number of rotatable bonds is 9. The highest BCUT2D eigenvalue weighted by Gasteiger charge is 2.12. The van der Waals surface area contributed by atoms with Crippen LogP contribution in [0, 0.1) is 6.92 Å². The van der Waals surface area contributed by atoms with Crippen LogP contribution in [-0.4, -0.2) is 36.2 Å². The molecule has 0 heterocycles. The largest absolute Gasteiger partial charge is 0.508 e. The Morgan fingerprint density at radius 1 is 1.24 bits per heavy atom. The van der Waals surface area contributed by atoms with E-state index >= 15 is 0 Å². The molecule has 3 nitrogen and oxygen atoms in total. The number of aryl methyl sites for hydroxylation is 1. The first-order valence-corrected chi connectivity index (χ1v) is 7.40. The number of hydrogen-bond acceptors (Lipinski definition) is 3. The van der Waals surface area contributed by atoms with Crippen LogP contribution in [0.25, 0.3) is 0 Å². The molecule has 0 fully saturated rings. The lowest BCUT2D eigenvalue weighted by atomic mass is 10.00. The van der Waals surface area contributed by atoms with Crippen LogP contribution in [-0.2, 0) is 0 Å². The van der Waals surface area contributed by atoms with Gasteiger partial charge in [0.05, 0.1) is 0 Å². The van der Waals surface area contributed by atoms with E-state index in [9.17, 15) is 5.11 Å². The summed E-state index contributed by atoms with van der Waals surface area (Å²) < 4.78 is 5.94. The Labute approximate surface area is 128 Å². The van der Waals surface area contributed by atoms with E-state index in [4.69, 9.17) is 4.74 Å². The van der Waals surface area contributed by atoms with Gasteiger partial charge in [-0.3, -0.25) is 4.90 Å². The van der Waals surface area contributed by atoms with Crippen molar-refractivity contribution in [3.8, 4) is 11.5 Å². The molecule has 0 radical (unpaired) electrons. The third-order valence-electron chi connectivity index (χ3n) is 3.39. The Bertz CT molecular complexity index is 470. The molecule has 3 heteroatoms. The van der Waals surface area contributed by atoms with Gasteiger partial charge in [-0.2, -0.15) is 0 Å². The van der Waals surface area contributed by atoms with Crippen LogP contribution in [0.2, 0.25) is 0 Å². The molecule has 0 amide bonds. The van der Waals surface area contributed by atoms with Crippen LogP contribution in [0.3, 0.4) is 0 Å². The molecular formula is C18H27NO2. The van der Waals surface area contributed by atoms with Crippen molar-refractivity contribution in [1.29, 1.82) is 0 Å². The normalized spacial score (nSPS) is 10.9. The van der Waals surface area contributed by atoms with Crippen molar-refractivity contribution in [3.63, 3.8) is 0 Å². The Hall–Kier alpha value is -1.74. The predicted octanol–water partition coefficient (Wildman–Crippen LogP) is 3.88. The van der Waals surface area contributed by atoms with E-state index in [1.54, 1.807) is 6.07 Å². The maximum absolute atomic E-state index is 9.84. The second-order valence-electron chi connectivity index (χ2n) is 5.52. The fourth-order valence-electron chi connectivity index (χ4n) is 2.17. The second kappa shape index (κ2) is 8.53. The highest BCUT2D eigenvalue weighted by molar-refractivity contribution is 5.46. The molecule has 116 valence electrons. The third-order valence-corrected chi connectivity index (χ3v) is 3.39. The molecule has 0 atom stereocenters. The lowest BCUT2D eigenvalue weighted by Gasteiger charge is -2.20. The van der Waals surface area contributed by atoms with Gasteiger partial charge in [-0.15, -0.1) is 13.2 Å². The average molecular weight is 289 g/mol. The van der Waals surface area contributed by atoms with Crippen LogP contribution >= 0.6 is 0 Å². The summed E-state index contributed by atoms with van der Waals surface area (Å²) in [6, 6.07) is 3.72. The number of nitrogens with zero attached hydrogens (tertiary/aromatic N) is 1. The summed E-state index contributed by atoms with van der Waals surface area (Å²) >= 11 is 0. The molecule has 0 unspecified atom stereocenters. The molecule has 0 saturated heterocycles. The van der Waals surface area contributed by atoms with Crippen LogP contribution in [0.15, 0.2) is 37.4 Å². The molecule has 21 heavy (non-hydrogen) atoms. The summed E-state index contributed by atoms with van der Waals surface area (Å²) in [6.45, 7) is 16.7. The minimum atomic E-state index is 0.309. The van der Waals surface area contributed by atoms with Crippen molar-refractivity contribution in [3.05, 3.63) is 48.6 Å². The molecule has 0 bridgehead atoms. The SMILES string of the molecule is C=CCN(CC=C)CCOc1cc(C)c(O)cc1C(C)C. The van der Waals surface area contributed by atoms with Crippen molar-refractivity contribution >= 4 is 0 Å². The van der Waals surface area contributed by atoms with Gasteiger partial charge in [0.25, 0.3) is 0 Å². The van der Waals surface area contributed by atoms with Crippen molar-refractivity contribution in [2.24, 2.45) is 0 Å². The summed E-state index contributed by atoms with van der Waals surface area (Å²) in [7, 11) is 0. The molecule has 0 saturated carbocycles. The zero-order valence-electron chi connectivity index (χ0n) is 13.4. The highest BCUT2D eigenvalue weighted by Crippen LogP contribution is 2.32. The monoisotopic (exact) mass is 289 g/mol. The zero-order valence-corrected chi connectivity index (χ0v) is 13.4. The molecular weight excluding hydrogens is 262 g/mol. The average Bonchev–Trinajstić information content (AvgIpc) is 2.42. The topological polar surface area (TPSA) is 32.7 Å². The molecule has 0 aromatic heterocycles. The summed E-state index contributed by atoms with van der Waals surface area (Å²) in [5.41, 5.74) is 1.88. The zero-order chi connectivity index (χ0) is 15.8. The fraction of sp³-hybridized carbons (Fsp3) is 0.444. The lowest BCUT2D eigenvalue weighted by Crippen LogP contribution is -2.28. The summed E-state index contributed by atoms with van der Waals surface area (Å²) in [5, 5.41) is 9.84.